The first kappa shape index (κ1) is 24.8. The SMILES string of the molecule is CCCCCn1c(=O)c(C(=O)NC2(C(=O)OC)CCC(C)(C)CC2)cc2ccc(OC)cc21. The maximum atomic E-state index is 13.5. The molecular weight excluding hydrogens is 420 g/mol. The van der Waals surface area contributed by atoms with Gasteiger partial charge in [0.15, 0.2) is 0 Å². The molecule has 0 spiro atoms. The first-order chi connectivity index (χ1) is 15.7. The monoisotopic (exact) mass is 456 g/mol. The number of esters is 1. The molecule has 0 atom stereocenters. The maximum absolute atomic E-state index is 13.5. The van der Waals surface area contributed by atoms with E-state index in [0.717, 1.165) is 43.0 Å². The van der Waals surface area contributed by atoms with Crippen LogP contribution in [0.25, 0.3) is 10.9 Å². The van der Waals surface area contributed by atoms with Crippen LogP contribution >= 0.6 is 0 Å². The van der Waals surface area contributed by atoms with E-state index in [9.17, 15) is 14.4 Å². The van der Waals surface area contributed by atoms with E-state index in [-0.39, 0.29) is 16.5 Å². The van der Waals surface area contributed by atoms with Crippen LogP contribution in [0, 0.1) is 5.41 Å². The summed E-state index contributed by atoms with van der Waals surface area (Å²) >= 11 is 0. The molecule has 0 radical (unpaired) electrons. The third-order valence-electron chi connectivity index (χ3n) is 6.92. The quantitative estimate of drug-likeness (QED) is 0.469. The molecule has 1 aliphatic rings. The second kappa shape index (κ2) is 9.98. The minimum absolute atomic E-state index is 0.0391. The summed E-state index contributed by atoms with van der Waals surface area (Å²) in [6, 6.07) is 7.09. The normalized spacial score (nSPS) is 16.9. The molecule has 1 aliphatic carbocycles. The van der Waals surface area contributed by atoms with Gasteiger partial charge >= 0.3 is 5.97 Å². The van der Waals surface area contributed by atoms with Crippen molar-refractivity contribution in [1.29, 1.82) is 0 Å². The van der Waals surface area contributed by atoms with E-state index in [2.05, 4.69) is 26.1 Å². The average Bonchev–Trinajstić information content (AvgIpc) is 2.80. The zero-order chi connectivity index (χ0) is 24.2. The van der Waals surface area contributed by atoms with Gasteiger partial charge in [0.25, 0.3) is 11.5 Å². The molecule has 2 aromatic rings. The van der Waals surface area contributed by atoms with Gasteiger partial charge in [0.05, 0.1) is 19.7 Å². The summed E-state index contributed by atoms with van der Waals surface area (Å²) in [5.74, 6) is -0.343. The first-order valence-electron chi connectivity index (χ1n) is 11.8. The van der Waals surface area contributed by atoms with Crippen LogP contribution < -0.4 is 15.6 Å². The number of aryl methyl sites for hydroxylation is 1. The third kappa shape index (κ3) is 5.23. The van der Waals surface area contributed by atoms with Gasteiger partial charge in [-0.2, -0.15) is 0 Å². The Hall–Kier alpha value is -2.83. The molecule has 0 aliphatic heterocycles. The number of carbonyl (C=O) groups excluding carboxylic acids is 2. The Bertz CT molecular complexity index is 1080. The van der Waals surface area contributed by atoms with Gasteiger partial charge in [0.1, 0.15) is 16.9 Å². The number of benzene rings is 1. The molecule has 1 aromatic carbocycles. The van der Waals surface area contributed by atoms with E-state index in [1.807, 2.05) is 18.2 Å². The highest BCUT2D eigenvalue weighted by molar-refractivity contribution is 6.00. The van der Waals surface area contributed by atoms with Gasteiger partial charge in [-0.15, -0.1) is 0 Å². The van der Waals surface area contributed by atoms with Crippen LogP contribution in [0.1, 0.15) is 76.1 Å². The van der Waals surface area contributed by atoms with Crippen molar-refractivity contribution in [3.8, 4) is 5.75 Å². The lowest BCUT2D eigenvalue weighted by Crippen LogP contribution is -2.58. The number of unbranched alkanes of at least 4 members (excludes halogenated alkanes) is 2. The number of nitrogens with zero attached hydrogens (tertiary/aromatic N) is 1. The summed E-state index contributed by atoms with van der Waals surface area (Å²) in [5, 5.41) is 3.68. The van der Waals surface area contributed by atoms with Gasteiger partial charge in [-0.05, 0) is 61.1 Å². The molecule has 1 fully saturated rings. The number of nitrogens with one attached hydrogen (secondary N) is 1. The standard InChI is InChI=1S/C26H36N2O5/c1-6-7-8-15-28-21-17-19(32-4)10-9-18(21)16-20(23(28)30)22(29)27-26(24(31)33-5)13-11-25(2,3)12-14-26/h9-10,16-17H,6-8,11-15H2,1-5H3,(H,27,29). The Labute approximate surface area is 195 Å². The fourth-order valence-electron chi connectivity index (χ4n) is 4.60. The van der Waals surface area contributed by atoms with Crippen molar-refractivity contribution in [3.63, 3.8) is 0 Å². The lowest BCUT2D eigenvalue weighted by Gasteiger charge is -2.41. The summed E-state index contributed by atoms with van der Waals surface area (Å²) < 4.78 is 12.1. The van der Waals surface area contributed by atoms with Gasteiger partial charge in [0, 0.05) is 12.6 Å². The smallest absolute Gasteiger partial charge is 0.331 e. The fraction of sp³-hybridized carbons (Fsp3) is 0.577. The molecule has 1 N–H and O–H groups in total. The van der Waals surface area contributed by atoms with Crippen molar-refractivity contribution in [2.45, 2.75) is 77.8 Å². The van der Waals surface area contributed by atoms with E-state index in [0.29, 0.717) is 25.1 Å². The van der Waals surface area contributed by atoms with E-state index >= 15 is 0 Å². The van der Waals surface area contributed by atoms with Crippen LogP contribution in [0.4, 0.5) is 0 Å². The highest BCUT2D eigenvalue weighted by Gasteiger charge is 2.46. The molecule has 1 saturated carbocycles. The minimum atomic E-state index is -1.12. The van der Waals surface area contributed by atoms with Crippen molar-refractivity contribution in [2.75, 3.05) is 14.2 Å². The van der Waals surface area contributed by atoms with Crippen LogP contribution in [0.2, 0.25) is 0 Å². The van der Waals surface area contributed by atoms with Crippen LogP contribution in [0.15, 0.2) is 29.1 Å². The highest BCUT2D eigenvalue weighted by atomic mass is 16.5. The number of aromatic nitrogens is 1. The molecule has 0 bridgehead atoms. The second-order valence-corrected chi connectivity index (χ2v) is 9.84. The minimum Gasteiger partial charge on any atom is -0.497 e. The third-order valence-corrected chi connectivity index (χ3v) is 6.92. The largest absolute Gasteiger partial charge is 0.497 e. The first-order valence-corrected chi connectivity index (χ1v) is 11.8. The van der Waals surface area contributed by atoms with E-state index in [1.54, 1.807) is 17.7 Å². The lowest BCUT2D eigenvalue weighted by atomic mass is 9.69. The van der Waals surface area contributed by atoms with Gasteiger partial charge in [0.2, 0.25) is 0 Å². The predicted molar refractivity (Wildman–Crippen MR) is 129 cm³/mol. The molecule has 7 heteroatoms. The van der Waals surface area contributed by atoms with Crippen molar-refractivity contribution < 1.29 is 19.1 Å². The number of ether oxygens (including phenoxy) is 2. The Balaban J connectivity index is 2.02. The Morgan fingerprint density at radius 3 is 2.36 bits per heavy atom. The summed E-state index contributed by atoms with van der Waals surface area (Å²) in [5.41, 5.74) is -0.613. The average molecular weight is 457 g/mol. The maximum Gasteiger partial charge on any atom is 0.331 e. The van der Waals surface area contributed by atoms with Crippen molar-refractivity contribution in [1.82, 2.24) is 9.88 Å². The second-order valence-electron chi connectivity index (χ2n) is 9.84. The number of fused-ring (bicyclic) bond motifs is 1. The topological polar surface area (TPSA) is 86.6 Å². The van der Waals surface area contributed by atoms with Crippen LogP contribution in [-0.4, -0.2) is 36.2 Å². The molecule has 0 unspecified atom stereocenters. The van der Waals surface area contributed by atoms with E-state index in [1.165, 1.54) is 7.11 Å². The molecule has 1 amide bonds. The molecule has 1 aromatic heterocycles. The van der Waals surface area contributed by atoms with Gasteiger partial charge in [-0.3, -0.25) is 9.59 Å². The summed E-state index contributed by atoms with van der Waals surface area (Å²) in [4.78, 5) is 39.6. The number of amides is 1. The number of rotatable bonds is 8. The van der Waals surface area contributed by atoms with Gasteiger partial charge < -0.3 is 19.4 Å². The van der Waals surface area contributed by atoms with E-state index < -0.39 is 17.4 Å². The number of methoxy groups -OCH3 is 2. The molecule has 33 heavy (non-hydrogen) atoms. The van der Waals surface area contributed by atoms with Crippen LogP contribution in [0.3, 0.4) is 0 Å². The summed E-state index contributed by atoms with van der Waals surface area (Å²) in [6.45, 7) is 6.92. The zero-order valence-corrected chi connectivity index (χ0v) is 20.5. The fourth-order valence-corrected chi connectivity index (χ4v) is 4.60. The molecule has 0 saturated heterocycles. The number of pyridine rings is 1. The number of carbonyl (C=O) groups is 2. The molecule has 3 rings (SSSR count). The Morgan fingerprint density at radius 2 is 1.76 bits per heavy atom. The molecule has 180 valence electrons. The summed E-state index contributed by atoms with van der Waals surface area (Å²) in [6.07, 6.45) is 5.35. The van der Waals surface area contributed by atoms with Crippen LogP contribution in [0.5, 0.6) is 5.75 Å². The van der Waals surface area contributed by atoms with E-state index in [4.69, 9.17) is 9.47 Å². The molecule has 7 nitrogen and oxygen atoms in total. The highest BCUT2D eigenvalue weighted by Crippen LogP contribution is 2.41. The van der Waals surface area contributed by atoms with Gasteiger partial charge in [-0.1, -0.05) is 33.6 Å². The van der Waals surface area contributed by atoms with Crippen LogP contribution in [-0.2, 0) is 16.1 Å². The van der Waals surface area contributed by atoms with Crippen molar-refractivity contribution >= 4 is 22.8 Å². The summed E-state index contributed by atoms with van der Waals surface area (Å²) in [7, 11) is 2.92. The molecule has 1 heterocycles. The van der Waals surface area contributed by atoms with Crippen molar-refractivity contribution in [3.05, 3.63) is 40.2 Å². The predicted octanol–water partition coefficient (Wildman–Crippen LogP) is 4.44. The zero-order valence-electron chi connectivity index (χ0n) is 20.5. The number of hydrogen-bond donors (Lipinski definition) is 1. The Morgan fingerprint density at radius 1 is 1.06 bits per heavy atom. The van der Waals surface area contributed by atoms with Crippen molar-refractivity contribution in [2.24, 2.45) is 5.41 Å². The molecular formula is C26H36N2O5. The number of hydrogen-bond acceptors (Lipinski definition) is 5. The van der Waals surface area contributed by atoms with Gasteiger partial charge in [-0.25, -0.2) is 4.79 Å². The Kier molecular flexibility index (Phi) is 7.50. The lowest BCUT2D eigenvalue weighted by molar-refractivity contribution is -0.150.